The van der Waals surface area contributed by atoms with E-state index in [-0.39, 0.29) is 19.2 Å². The molecule has 0 aliphatic heterocycles. The predicted octanol–water partition coefficient (Wildman–Crippen LogP) is 1.15. The number of rotatable bonds is 14. The Bertz CT molecular complexity index is 368. The standard InChI is InChI=1S/C9H16O4.C8H14O4/c1-8(2)9(10)13-7-6-12-5-4-11-3;1-3-8(9)12-7-6-11-5-4-10-2/h1,4-7H2,2-3H3;3H,1,4-7H2,2H3. The molecule has 8 nitrogen and oxygen atoms in total. The van der Waals surface area contributed by atoms with Gasteiger partial charge in [-0.2, -0.15) is 0 Å². The van der Waals surface area contributed by atoms with E-state index in [4.69, 9.17) is 23.7 Å². The summed E-state index contributed by atoms with van der Waals surface area (Å²) < 4.78 is 29.0. The maximum absolute atomic E-state index is 10.8. The van der Waals surface area contributed by atoms with Gasteiger partial charge in [0.15, 0.2) is 0 Å². The van der Waals surface area contributed by atoms with Crippen molar-refractivity contribution in [1.29, 1.82) is 0 Å². The fraction of sp³-hybridized carbons (Fsp3) is 0.647. The van der Waals surface area contributed by atoms with Crippen molar-refractivity contribution in [2.24, 2.45) is 0 Å². The Hall–Kier alpha value is -1.74. The van der Waals surface area contributed by atoms with Gasteiger partial charge in [0.25, 0.3) is 0 Å². The van der Waals surface area contributed by atoms with Crippen LogP contribution in [0.1, 0.15) is 6.92 Å². The van der Waals surface area contributed by atoms with Crippen LogP contribution in [-0.4, -0.2) is 79.0 Å². The van der Waals surface area contributed by atoms with E-state index in [0.29, 0.717) is 45.2 Å². The molecule has 0 aliphatic carbocycles. The van der Waals surface area contributed by atoms with Gasteiger partial charge >= 0.3 is 11.9 Å². The molecule has 25 heavy (non-hydrogen) atoms. The number of carbonyl (C=O) groups is 2. The van der Waals surface area contributed by atoms with Crippen LogP contribution in [-0.2, 0) is 38.0 Å². The molecule has 146 valence electrons. The van der Waals surface area contributed by atoms with Crippen molar-refractivity contribution in [3.8, 4) is 0 Å². The van der Waals surface area contributed by atoms with E-state index in [2.05, 4.69) is 17.9 Å². The van der Waals surface area contributed by atoms with E-state index in [0.717, 1.165) is 6.08 Å². The molecule has 0 bridgehead atoms. The zero-order valence-electron chi connectivity index (χ0n) is 15.4. The van der Waals surface area contributed by atoms with Crippen molar-refractivity contribution >= 4 is 11.9 Å². The number of hydrogen-bond donors (Lipinski definition) is 0. The van der Waals surface area contributed by atoms with Crippen molar-refractivity contribution in [2.45, 2.75) is 6.92 Å². The average molecular weight is 362 g/mol. The lowest BCUT2D eigenvalue weighted by Crippen LogP contribution is -2.12. The van der Waals surface area contributed by atoms with Crippen LogP contribution in [0.15, 0.2) is 24.8 Å². The monoisotopic (exact) mass is 362 g/mol. The van der Waals surface area contributed by atoms with Gasteiger partial charge in [0.1, 0.15) is 13.2 Å². The molecule has 0 aromatic rings. The zero-order valence-corrected chi connectivity index (χ0v) is 15.4. The van der Waals surface area contributed by atoms with Crippen LogP contribution < -0.4 is 0 Å². The van der Waals surface area contributed by atoms with Gasteiger partial charge in [-0.05, 0) is 6.92 Å². The molecule has 0 rings (SSSR count). The van der Waals surface area contributed by atoms with E-state index in [1.54, 1.807) is 21.1 Å². The molecule has 0 saturated carbocycles. The van der Waals surface area contributed by atoms with Gasteiger partial charge in [-0.15, -0.1) is 0 Å². The zero-order chi connectivity index (χ0) is 19.3. The van der Waals surface area contributed by atoms with Gasteiger partial charge in [-0.1, -0.05) is 13.2 Å². The minimum absolute atomic E-state index is 0.258. The third kappa shape index (κ3) is 22.3. The van der Waals surface area contributed by atoms with Crippen LogP contribution in [0.3, 0.4) is 0 Å². The predicted molar refractivity (Wildman–Crippen MR) is 92.3 cm³/mol. The maximum atomic E-state index is 10.8. The Kier molecular flexibility index (Phi) is 20.7. The highest BCUT2D eigenvalue weighted by atomic mass is 16.6. The summed E-state index contributed by atoms with van der Waals surface area (Å²) in [6.07, 6.45) is 1.12. The second-order valence-corrected chi connectivity index (χ2v) is 4.50. The van der Waals surface area contributed by atoms with E-state index in [1.165, 1.54) is 0 Å². The lowest BCUT2D eigenvalue weighted by molar-refractivity contribution is -0.141. The number of carbonyl (C=O) groups excluding carboxylic acids is 2. The lowest BCUT2D eigenvalue weighted by atomic mass is 10.4. The van der Waals surface area contributed by atoms with Crippen LogP contribution >= 0.6 is 0 Å². The largest absolute Gasteiger partial charge is 0.460 e. The third-order valence-corrected chi connectivity index (χ3v) is 2.31. The summed E-state index contributed by atoms with van der Waals surface area (Å²) in [5, 5.41) is 0. The van der Waals surface area contributed by atoms with Crippen molar-refractivity contribution in [2.75, 3.05) is 67.1 Å². The molecule has 0 fully saturated rings. The van der Waals surface area contributed by atoms with Crippen LogP contribution in [0.25, 0.3) is 0 Å². The number of esters is 2. The molecular formula is C17H30O8. The van der Waals surface area contributed by atoms with Crippen LogP contribution in [0, 0.1) is 0 Å². The Morgan fingerprint density at radius 1 is 0.800 bits per heavy atom. The summed E-state index contributed by atoms with van der Waals surface area (Å²) in [7, 11) is 3.20. The molecule has 0 aromatic carbocycles. The second-order valence-electron chi connectivity index (χ2n) is 4.50. The Labute approximate surface area is 149 Å². The summed E-state index contributed by atoms with van der Waals surface area (Å²) in [6.45, 7) is 11.7. The summed E-state index contributed by atoms with van der Waals surface area (Å²) in [6, 6.07) is 0. The quantitative estimate of drug-likeness (QED) is 0.258. The highest BCUT2D eigenvalue weighted by molar-refractivity contribution is 5.86. The Balaban J connectivity index is 0. The smallest absolute Gasteiger partial charge is 0.333 e. The van der Waals surface area contributed by atoms with Crippen molar-refractivity contribution in [1.82, 2.24) is 0 Å². The molecular weight excluding hydrogens is 332 g/mol. The van der Waals surface area contributed by atoms with Crippen molar-refractivity contribution in [3.05, 3.63) is 24.8 Å². The van der Waals surface area contributed by atoms with Crippen LogP contribution in [0.2, 0.25) is 0 Å². The van der Waals surface area contributed by atoms with Crippen LogP contribution in [0.5, 0.6) is 0 Å². The van der Waals surface area contributed by atoms with E-state index in [9.17, 15) is 9.59 Å². The molecule has 0 heterocycles. The van der Waals surface area contributed by atoms with E-state index >= 15 is 0 Å². The minimum atomic E-state index is -0.426. The van der Waals surface area contributed by atoms with Gasteiger partial charge < -0.3 is 28.4 Å². The topological polar surface area (TPSA) is 89.5 Å². The number of hydrogen-bond acceptors (Lipinski definition) is 8. The van der Waals surface area contributed by atoms with Gasteiger partial charge in [0.2, 0.25) is 0 Å². The van der Waals surface area contributed by atoms with Crippen molar-refractivity contribution in [3.63, 3.8) is 0 Å². The summed E-state index contributed by atoms with van der Waals surface area (Å²) in [4.78, 5) is 21.3. The second kappa shape index (κ2) is 20.3. The average Bonchev–Trinajstić information content (AvgIpc) is 2.61. The first kappa shape index (κ1) is 25.5. The fourth-order valence-electron chi connectivity index (χ4n) is 1.07. The molecule has 8 heteroatoms. The highest BCUT2D eigenvalue weighted by Gasteiger charge is 2.01. The van der Waals surface area contributed by atoms with E-state index < -0.39 is 5.97 Å². The molecule has 0 spiro atoms. The Morgan fingerprint density at radius 3 is 1.64 bits per heavy atom. The summed E-state index contributed by atoms with van der Waals surface area (Å²) in [5.41, 5.74) is 0.400. The first-order valence-electron chi connectivity index (χ1n) is 7.74. The summed E-state index contributed by atoms with van der Waals surface area (Å²) >= 11 is 0. The normalized spacial score (nSPS) is 9.56. The van der Waals surface area contributed by atoms with Gasteiger partial charge in [-0.3, -0.25) is 0 Å². The molecule has 0 N–H and O–H groups in total. The molecule has 0 aliphatic rings. The maximum Gasteiger partial charge on any atom is 0.333 e. The number of methoxy groups -OCH3 is 2. The minimum Gasteiger partial charge on any atom is -0.460 e. The Morgan fingerprint density at radius 2 is 1.24 bits per heavy atom. The van der Waals surface area contributed by atoms with Gasteiger partial charge in [0.05, 0.1) is 39.6 Å². The molecule has 0 amide bonds. The highest BCUT2D eigenvalue weighted by Crippen LogP contribution is 1.91. The number of ether oxygens (including phenoxy) is 6. The van der Waals surface area contributed by atoms with Crippen molar-refractivity contribution < 1.29 is 38.0 Å². The third-order valence-electron chi connectivity index (χ3n) is 2.31. The van der Waals surface area contributed by atoms with Gasteiger partial charge in [0, 0.05) is 25.9 Å². The molecule has 0 unspecified atom stereocenters. The van der Waals surface area contributed by atoms with Gasteiger partial charge in [-0.25, -0.2) is 9.59 Å². The molecule has 0 aromatic heterocycles. The first-order valence-corrected chi connectivity index (χ1v) is 7.74. The first-order chi connectivity index (χ1) is 12.0. The molecule has 0 radical (unpaired) electrons. The molecule has 0 atom stereocenters. The summed E-state index contributed by atoms with van der Waals surface area (Å²) in [5.74, 6) is -0.805. The fourth-order valence-corrected chi connectivity index (χ4v) is 1.07. The van der Waals surface area contributed by atoms with E-state index in [1.807, 2.05) is 0 Å². The SMILES string of the molecule is C=C(C)C(=O)OCCOCCOC.C=CC(=O)OCCOCCOC. The van der Waals surface area contributed by atoms with Crippen LogP contribution in [0.4, 0.5) is 0 Å². The lowest BCUT2D eigenvalue weighted by Gasteiger charge is -2.04. The molecule has 0 saturated heterocycles.